The second-order valence-corrected chi connectivity index (χ2v) is 1.95. The van der Waals surface area contributed by atoms with Crippen molar-refractivity contribution in [2.24, 2.45) is 0 Å². The molecule has 0 saturated carbocycles. The van der Waals surface area contributed by atoms with Crippen LogP contribution in [0.4, 0.5) is 0 Å². The molecule has 60 valence electrons. The number of rotatable bonds is 5. The Morgan fingerprint density at radius 2 is 2.30 bits per heavy atom. The van der Waals surface area contributed by atoms with Crippen molar-refractivity contribution in [2.45, 2.75) is 19.4 Å². The molecule has 2 N–H and O–H groups in total. The summed E-state index contributed by atoms with van der Waals surface area (Å²) in [4.78, 5) is 0. The molecular formula is C7H14O3. The predicted octanol–water partition coefficient (Wildman–Crippen LogP) is 0.280. The van der Waals surface area contributed by atoms with E-state index in [0.29, 0.717) is 0 Å². The molecule has 0 amide bonds. The van der Waals surface area contributed by atoms with E-state index in [1.807, 2.05) is 13.0 Å². The minimum Gasteiger partial charge on any atom is -0.499 e. The molecule has 0 fully saturated rings. The van der Waals surface area contributed by atoms with Gasteiger partial charge in [-0.2, -0.15) is 0 Å². The van der Waals surface area contributed by atoms with Crippen LogP contribution in [0.2, 0.25) is 0 Å². The van der Waals surface area contributed by atoms with Crippen LogP contribution < -0.4 is 0 Å². The second kappa shape index (κ2) is 6.58. The van der Waals surface area contributed by atoms with Crippen molar-refractivity contribution in [3.8, 4) is 0 Å². The summed E-state index contributed by atoms with van der Waals surface area (Å²) in [6, 6.07) is 0. The summed E-state index contributed by atoms with van der Waals surface area (Å²) in [7, 11) is 0. The van der Waals surface area contributed by atoms with Crippen molar-refractivity contribution in [1.29, 1.82) is 0 Å². The summed E-state index contributed by atoms with van der Waals surface area (Å²) in [5, 5.41) is 17.1. The molecule has 10 heavy (non-hydrogen) atoms. The van der Waals surface area contributed by atoms with Crippen LogP contribution in [0.15, 0.2) is 12.3 Å². The Hall–Kier alpha value is -0.540. The molecule has 0 aromatic carbocycles. The summed E-state index contributed by atoms with van der Waals surface area (Å²) in [5.41, 5.74) is 0. The lowest BCUT2D eigenvalue weighted by atomic mass is 10.4. The highest BCUT2D eigenvalue weighted by Crippen LogP contribution is 1.86. The lowest BCUT2D eigenvalue weighted by Gasteiger charge is -2.04. The molecule has 0 aliphatic rings. The minimum absolute atomic E-state index is 0.160. The van der Waals surface area contributed by atoms with Crippen LogP contribution in [0.1, 0.15) is 13.3 Å². The summed E-state index contributed by atoms with van der Waals surface area (Å²) in [6.07, 6.45) is 3.51. The Kier molecular flexibility index (Phi) is 6.22. The molecule has 0 spiro atoms. The van der Waals surface area contributed by atoms with Gasteiger partial charge < -0.3 is 14.9 Å². The topological polar surface area (TPSA) is 49.7 Å². The van der Waals surface area contributed by atoms with Gasteiger partial charge in [-0.05, 0) is 6.42 Å². The van der Waals surface area contributed by atoms with Crippen molar-refractivity contribution in [1.82, 2.24) is 0 Å². The van der Waals surface area contributed by atoms with Gasteiger partial charge in [-0.15, -0.1) is 0 Å². The Morgan fingerprint density at radius 3 is 2.80 bits per heavy atom. The molecule has 0 heterocycles. The van der Waals surface area contributed by atoms with E-state index in [0.717, 1.165) is 6.42 Å². The first-order valence-electron chi connectivity index (χ1n) is 3.36. The average Bonchev–Trinajstić information content (AvgIpc) is 1.98. The number of hydrogen-bond donors (Lipinski definition) is 2. The van der Waals surface area contributed by atoms with E-state index in [2.05, 4.69) is 0 Å². The van der Waals surface area contributed by atoms with Crippen LogP contribution >= 0.6 is 0 Å². The van der Waals surface area contributed by atoms with E-state index < -0.39 is 6.10 Å². The van der Waals surface area contributed by atoms with Crippen LogP contribution in [0.3, 0.4) is 0 Å². The summed E-state index contributed by atoms with van der Waals surface area (Å²) in [6.45, 7) is 1.90. The quantitative estimate of drug-likeness (QED) is 0.548. The van der Waals surface area contributed by atoms with Gasteiger partial charge in [0.25, 0.3) is 0 Å². The lowest BCUT2D eigenvalue weighted by Crippen LogP contribution is -2.17. The summed E-state index contributed by atoms with van der Waals surface area (Å²) >= 11 is 0. The third-order valence-electron chi connectivity index (χ3n) is 0.928. The molecule has 1 unspecified atom stereocenters. The fraction of sp³-hybridized carbons (Fsp3) is 0.714. The van der Waals surface area contributed by atoms with E-state index in [-0.39, 0.29) is 13.2 Å². The molecule has 0 bridgehead atoms. The lowest BCUT2D eigenvalue weighted by molar-refractivity contribution is 0.0383. The van der Waals surface area contributed by atoms with Crippen LogP contribution in [0.5, 0.6) is 0 Å². The zero-order chi connectivity index (χ0) is 7.82. The molecule has 0 aliphatic carbocycles. The van der Waals surface area contributed by atoms with Crippen LogP contribution in [0, 0.1) is 0 Å². The van der Waals surface area contributed by atoms with E-state index in [1.54, 1.807) is 0 Å². The molecule has 0 aromatic heterocycles. The van der Waals surface area contributed by atoms with E-state index in [1.165, 1.54) is 6.26 Å². The molecule has 1 atom stereocenters. The number of aliphatic hydroxyl groups is 2. The maximum absolute atomic E-state index is 8.75. The standard InChI is InChI=1S/C7H14O3/c1-2-3-4-10-6-7(9)5-8/h3-4,7-9H,2,5-6H2,1H3/b4-3+. The van der Waals surface area contributed by atoms with Crippen LogP contribution in [-0.2, 0) is 4.74 Å². The van der Waals surface area contributed by atoms with Crippen molar-refractivity contribution in [3.63, 3.8) is 0 Å². The number of ether oxygens (including phenoxy) is 1. The van der Waals surface area contributed by atoms with E-state index >= 15 is 0 Å². The third-order valence-corrected chi connectivity index (χ3v) is 0.928. The highest BCUT2D eigenvalue weighted by Gasteiger charge is 1.98. The first-order chi connectivity index (χ1) is 4.81. The number of hydrogen-bond acceptors (Lipinski definition) is 3. The smallest absolute Gasteiger partial charge is 0.115 e. The predicted molar refractivity (Wildman–Crippen MR) is 38.5 cm³/mol. The fourth-order valence-electron chi connectivity index (χ4n) is 0.384. The zero-order valence-corrected chi connectivity index (χ0v) is 6.16. The molecule has 0 saturated heterocycles. The van der Waals surface area contributed by atoms with Crippen molar-refractivity contribution in [2.75, 3.05) is 13.2 Å². The number of allylic oxidation sites excluding steroid dienone is 1. The van der Waals surface area contributed by atoms with Crippen molar-refractivity contribution >= 4 is 0 Å². The molecule has 0 rings (SSSR count). The fourth-order valence-corrected chi connectivity index (χ4v) is 0.384. The van der Waals surface area contributed by atoms with Crippen molar-refractivity contribution in [3.05, 3.63) is 12.3 Å². The summed E-state index contributed by atoms with van der Waals surface area (Å²) < 4.78 is 4.84. The largest absolute Gasteiger partial charge is 0.499 e. The van der Waals surface area contributed by atoms with Gasteiger partial charge in [0.05, 0.1) is 12.9 Å². The van der Waals surface area contributed by atoms with E-state index in [9.17, 15) is 0 Å². The Morgan fingerprint density at radius 1 is 1.60 bits per heavy atom. The van der Waals surface area contributed by atoms with Gasteiger partial charge in [-0.3, -0.25) is 0 Å². The monoisotopic (exact) mass is 146 g/mol. The Bertz CT molecular complexity index is 90.9. The Balaban J connectivity index is 3.10. The van der Waals surface area contributed by atoms with Crippen molar-refractivity contribution < 1.29 is 14.9 Å². The van der Waals surface area contributed by atoms with Gasteiger partial charge in [0.1, 0.15) is 12.7 Å². The third kappa shape index (κ3) is 5.59. The van der Waals surface area contributed by atoms with Gasteiger partial charge >= 0.3 is 0 Å². The van der Waals surface area contributed by atoms with Gasteiger partial charge in [-0.1, -0.05) is 13.0 Å². The van der Waals surface area contributed by atoms with Gasteiger partial charge in [0, 0.05) is 0 Å². The average molecular weight is 146 g/mol. The highest BCUT2D eigenvalue weighted by atomic mass is 16.5. The highest BCUT2D eigenvalue weighted by molar-refractivity contribution is 4.70. The normalized spacial score (nSPS) is 13.9. The molecular weight excluding hydrogens is 132 g/mol. The van der Waals surface area contributed by atoms with Crippen LogP contribution in [0.25, 0.3) is 0 Å². The zero-order valence-electron chi connectivity index (χ0n) is 6.16. The number of aliphatic hydroxyl groups excluding tert-OH is 2. The van der Waals surface area contributed by atoms with Gasteiger partial charge in [-0.25, -0.2) is 0 Å². The first-order valence-corrected chi connectivity index (χ1v) is 3.36. The minimum atomic E-state index is -0.762. The summed E-state index contributed by atoms with van der Waals surface area (Å²) in [5.74, 6) is 0. The SMILES string of the molecule is CC/C=C/OCC(O)CO. The van der Waals surface area contributed by atoms with Gasteiger partial charge in [0.2, 0.25) is 0 Å². The molecule has 0 aromatic rings. The maximum atomic E-state index is 8.75. The maximum Gasteiger partial charge on any atom is 0.115 e. The van der Waals surface area contributed by atoms with Crippen LogP contribution in [-0.4, -0.2) is 29.5 Å². The molecule has 3 heteroatoms. The Labute approximate surface area is 60.9 Å². The molecule has 0 radical (unpaired) electrons. The molecule has 0 aliphatic heterocycles. The first kappa shape index (κ1) is 9.46. The van der Waals surface area contributed by atoms with Gasteiger partial charge in [0.15, 0.2) is 0 Å². The molecule has 3 nitrogen and oxygen atoms in total. The van der Waals surface area contributed by atoms with E-state index in [4.69, 9.17) is 14.9 Å². The second-order valence-electron chi connectivity index (χ2n) is 1.95.